The smallest absolute Gasteiger partial charge is 0.466 e. The minimum Gasteiger partial charge on any atom is -0.466 e. The van der Waals surface area contributed by atoms with Crippen LogP contribution in [-0.2, 0) is 23.8 Å². The molecular formula is C9H13F3O5S. The molecule has 18 heavy (non-hydrogen) atoms. The van der Waals surface area contributed by atoms with Crippen molar-refractivity contribution in [2.75, 3.05) is 13.2 Å². The van der Waals surface area contributed by atoms with Crippen LogP contribution in [0, 0.1) is 0 Å². The highest BCUT2D eigenvalue weighted by molar-refractivity contribution is 7.87. The highest BCUT2D eigenvalue weighted by atomic mass is 32.2. The van der Waals surface area contributed by atoms with Gasteiger partial charge in [0.2, 0.25) is 0 Å². The van der Waals surface area contributed by atoms with Gasteiger partial charge in [-0.1, -0.05) is 12.2 Å². The summed E-state index contributed by atoms with van der Waals surface area (Å²) in [6.45, 7) is 0.677. The predicted octanol–water partition coefficient (Wildman–Crippen LogP) is 1.75. The fraction of sp³-hybridized carbons (Fsp3) is 0.667. The molecule has 0 atom stereocenters. The topological polar surface area (TPSA) is 69.7 Å². The Morgan fingerprint density at radius 2 is 1.83 bits per heavy atom. The quantitative estimate of drug-likeness (QED) is 0.334. The maximum atomic E-state index is 11.7. The van der Waals surface area contributed by atoms with Gasteiger partial charge in [0.1, 0.15) is 0 Å². The van der Waals surface area contributed by atoms with Crippen LogP contribution in [0.2, 0.25) is 0 Å². The summed E-state index contributed by atoms with van der Waals surface area (Å²) < 4.78 is 63.5. The van der Waals surface area contributed by atoms with Crippen LogP contribution in [0.5, 0.6) is 0 Å². The van der Waals surface area contributed by atoms with Crippen molar-refractivity contribution in [3.8, 4) is 0 Å². The van der Waals surface area contributed by atoms with E-state index in [4.69, 9.17) is 0 Å². The minimum absolute atomic E-state index is 0.0604. The standard InChI is InChI=1S/C6H9F3O5S.C3H4/c1-2-13-5(10)3-4-14-15(11,12)6(7,8)9;1-2-3-1/h2-4H2,1H3;1-2H,3H2. The second kappa shape index (κ2) is 7.37. The van der Waals surface area contributed by atoms with Crippen LogP contribution < -0.4 is 0 Å². The average molecular weight is 290 g/mol. The van der Waals surface area contributed by atoms with E-state index in [2.05, 4.69) is 21.1 Å². The molecule has 0 radical (unpaired) electrons. The van der Waals surface area contributed by atoms with E-state index in [1.807, 2.05) is 0 Å². The number of halogens is 3. The first kappa shape index (κ1) is 16.9. The zero-order valence-corrected chi connectivity index (χ0v) is 10.4. The van der Waals surface area contributed by atoms with E-state index in [0.717, 1.165) is 0 Å². The molecule has 1 rings (SSSR count). The van der Waals surface area contributed by atoms with E-state index in [-0.39, 0.29) is 6.61 Å². The third kappa shape index (κ3) is 8.07. The van der Waals surface area contributed by atoms with Crippen LogP contribution in [0.1, 0.15) is 19.8 Å². The van der Waals surface area contributed by atoms with Crippen molar-refractivity contribution in [1.82, 2.24) is 0 Å². The monoisotopic (exact) mass is 290 g/mol. The van der Waals surface area contributed by atoms with Gasteiger partial charge in [-0.15, -0.1) is 0 Å². The van der Waals surface area contributed by atoms with Crippen molar-refractivity contribution < 1.29 is 35.3 Å². The van der Waals surface area contributed by atoms with Gasteiger partial charge in [0.25, 0.3) is 0 Å². The molecule has 1 aliphatic rings. The summed E-state index contributed by atoms with van der Waals surface area (Å²) >= 11 is 0. The third-order valence-corrected chi connectivity index (χ3v) is 2.41. The summed E-state index contributed by atoms with van der Waals surface area (Å²) in [5, 5.41) is 0. The number of carbonyl (C=O) groups excluding carboxylic acids is 1. The molecule has 0 amide bonds. The number of rotatable bonds is 5. The van der Waals surface area contributed by atoms with Gasteiger partial charge in [-0.05, 0) is 13.3 Å². The Bertz CT molecular complexity index is 381. The molecule has 106 valence electrons. The summed E-state index contributed by atoms with van der Waals surface area (Å²) in [4.78, 5) is 10.6. The fourth-order valence-electron chi connectivity index (χ4n) is 0.535. The van der Waals surface area contributed by atoms with Crippen molar-refractivity contribution in [2.45, 2.75) is 25.3 Å². The van der Waals surface area contributed by atoms with Crippen LogP contribution in [0.25, 0.3) is 0 Å². The van der Waals surface area contributed by atoms with Crippen LogP contribution in [-0.4, -0.2) is 33.1 Å². The number of allylic oxidation sites excluding steroid dienone is 2. The highest BCUT2D eigenvalue weighted by Gasteiger charge is 2.47. The lowest BCUT2D eigenvalue weighted by Crippen LogP contribution is -2.26. The Morgan fingerprint density at radius 1 is 1.33 bits per heavy atom. The molecule has 0 saturated carbocycles. The molecule has 0 aromatic heterocycles. The van der Waals surface area contributed by atoms with Crippen LogP contribution >= 0.6 is 0 Å². The van der Waals surface area contributed by atoms with Gasteiger partial charge in [0.15, 0.2) is 0 Å². The van der Waals surface area contributed by atoms with Crippen molar-refractivity contribution in [3.63, 3.8) is 0 Å². The molecule has 0 spiro atoms. The number of carbonyl (C=O) groups is 1. The molecule has 1 aliphatic carbocycles. The normalized spacial score (nSPS) is 13.6. The van der Waals surface area contributed by atoms with E-state index < -0.39 is 34.6 Å². The van der Waals surface area contributed by atoms with Crippen molar-refractivity contribution in [3.05, 3.63) is 12.2 Å². The molecule has 0 unspecified atom stereocenters. The van der Waals surface area contributed by atoms with Gasteiger partial charge in [-0.25, -0.2) is 0 Å². The Balaban J connectivity index is 0.000000827. The van der Waals surface area contributed by atoms with Gasteiger partial charge < -0.3 is 4.74 Å². The van der Waals surface area contributed by atoms with Crippen LogP contribution in [0.15, 0.2) is 12.2 Å². The third-order valence-electron chi connectivity index (χ3n) is 1.37. The molecule has 0 saturated heterocycles. The molecular weight excluding hydrogens is 277 g/mol. The summed E-state index contributed by atoms with van der Waals surface area (Å²) in [6.07, 6.45) is 4.95. The minimum atomic E-state index is -5.62. The number of hydrogen-bond donors (Lipinski definition) is 0. The van der Waals surface area contributed by atoms with E-state index in [0.29, 0.717) is 0 Å². The van der Waals surface area contributed by atoms with Gasteiger partial charge in [0, 0.05) is 0 Å². The Hall–Kier alpha value is -1.09. The number of esters is 1. The molecule has 0 heterocycles. The summed E-state index contributed by atoms with van der Waals surface area (Å²) in [5.41, 5.74) is -5.47. The molecule has 0 aromatic carbocycles. The summed E-state index contributed by atoms with van der Waals surface area (Å²) in [6, 6.07) is 0. The first-order chi connectivity index (χ1) is 8.20. The van der Waals surface area contributed by atoms with E-state index >= 15 is 0 Å². The lowest BCUT2D eigenvalue weighted by atomic mass is 10.5. The maximum Gasteiger partial charge on any atom is 0.523 e. The van der Waals surface area contributed by atoms with E-state index in [9.17, 15) is 26.4 Å². The number of alkyl halides is 3. The number of ether oxygens (including phenoxy) is 1. The maximum absolute atomic E-state index is 11.7. The Kier molecular flexibility index (Phi) is 6.92. The van der Waals surface area contributed by atoms with Gasteiger partial charge in [-0.3, -0.25) is 8.98 Å². The SMILES string of the molecule is C1=CC1.CCOC(=O)CCOS(=O)(=O)C(F)(F)F. The van der Waals surface area contributed by atoms with Gasteiger partial charge in [-0.2, -0.15) is 21.6 Å². The first-order valence-electron chi connectivity index (χ1n) is 4.97. The number of hydrogen-bond acceptors (Lipinski definition) is 5. The zero-order chi connectivity index (χ0) is 14.2. The second-order valence-electron chi connectivity index (χ2n) is 2.98. The Morgan fingerprint density at radius 3 is 2.17 bits per heavy atom. The molecule has 0 aliphatic heterocycles. The highest BCUT2D eigenvalue weighted by Crippen LogP contribution is 2.24. The lowest BCUT2D eigenvalue weighted by molar-refractivity contribution is -0.143. The fourth-order valence-corrected chi connectivity index (χ4v) is 0.971. The van der Waals surface area contributed by atoms with Crippen LogP contribution in [0.3, 0.4) is 0 Å². The van der Waals surface area contributed by atoms with E-state index in [1.165, 1.54) is 13.3 Å². The van der Waals surface area contributed by atoms with E-state index in [1.54, 1.807) is 0 Å². The largest absolute Gasteiger partial charge is 0.523 e. The molecule has 0 N–H and O–H groups in total. The van der Waals surface area contributed by atoms with Gasteiger partial charge in [0.05, 0.1) is 19.6 Å². The summed E-state index contributed by atoms with van der Waals surface area (Å²) in [5.74, 6) is -0.824. The van der Waals surface area contributed by atoms with Crippen molar-refractivity contribution >= 4 is 16.1 Å². The predicted molar refractivity (Wildman–Crippen MR) is 55.9 cm³/mol. The zero-order valence-electron chi connectivity index (χ0n) is 9.57. The second-order valence-corrected chi connectivity index (χ2v) is 4.59. The molecule has 9 heteroatoms. The van der Waals surface area contributed by atoms with Crippen LogP contribution in [0.4, 0.5) is 13.2 Å². The first-order valence-corrected chi connectivity index (χ1v) is 6.38. The lowest BCUT2D eigenvalue weighted by Gasteiger charge is -2.07. The molecule has 0 aromatic rings. The van der Waals surface area contributed by atoms with Crippen molar-refractivity contribution in [2.24, 2.45) is 0 Å². The molecule has 5 nitrogen and oxygen atoms in total. The molecule has 0 fully saturated rings. The summed E-state index contributed by atoms with van der Waals surface area (Å²) in [7, 11) is -5.62. The average Bonchev–Trinajstić information content (AvgIpc) is 3.02. The molecule has 0 bridgehead atoms. The van der Waals surface area contributed by atoms with Crippen molar-refractivity contribution in [1.29, 1.82) is 0 Å². The van der Waals surface area contributed by atoms with Gasteiger partial charge >= 0.3 is 21.6 Å². The Labute approximate surface area is 103 Å².